The van der Waals surface area contributed by atoms with E-state index in [1.807, 2.05) is 0 Å². The van der Waals surface area contributed by atoms with Gasteiger partial charge in [0.1, 0.15) is 0 Å². The Hall–Kier alpha value is -2.00. The van der Waals surface area contributed by atoms with Crippen LogP contribution in [0.3, 0.4) is 0 Å². The Morgan fingerprint density at radius 2 is 0.962 bits per heavy atom. The van der Waals surface area contributed by atoms with Gasteiger partial charge in [0, 0.05) is 0 Å². The number of hydrogen-bond donors (Lipinski definition) is 0. The quantitative estimate of drug-likeness (QED) is 0.418. The van der Waals surface area contributed by atoms with Gasteiger partial charge in [-0.05, 0) is 0 Å². The van der Waals surface area contributed by atoms with Gasteiger partial charge in [0.25, 0.3) is 0 Å². The van der Waals surface area contributed by atoms with Crippen LogP contribution in [0, 0.1) is 20.8 Å². The first-order valence-electron chi connectivity index (χ1n) is 8.86. The van der Waals surface area contributed by atoms with Gasteiger partial charge in [-0.15, -0.1) is 0 Å². The Balaban J connectivity index is 1.89. The zero-order valence-corrected chi connectivity index (χ0v) is 17.1. The molecule has 0 unspecified atom stereocenters. The predicted octanol–water partition coefficient (Wildman–Crippen LogP) is 7.52. The van der Waals surface area contributed by atoms with E-state index in [1.54, 1.807) is 0 Å². The normalized spacial score (nSPS) is 14.2. The van der Waals surface area contributed by atoms with E-state index in [-0.39, 0.29) is 0 Å². The summed E-state index contributed by atoms with van der Waals surface area (Å²) in [5, 5.41) is 2.87. The standard InChI is InChI=1S/C24H21P2/c1-16-4-10-19(11-5-16)22-23(20-12-6-17(2)7-13-20)25-26-24(22)21-14-8-18(3)9-15-21/h4-15H,1-3H3/q+1. The second-order valence-corrected chi connectivity index (χ2v) is 9.36. The molecule has 3 aromatic carbocycles. The van der Waals surface area contributed by atoms with Crippen LogP contribution in [0.25, 0.3) is 10.9 Å². The van der Waals surface area contributed by atoms with Gasteiger partial charge in [0.05, 0.1) is 0 Å². The molecule has 1 aliphatic heterocycles. The fourth-order valence-electron chi connectivity index (χ4n) is 3.13. The molecule has 0 saturated heterocycles. The van der Waals surface area contributed by atoms with Gasteiger partial charge in [-0.3, -0.25) is 0 Å². The molecule has 4 rings (SSSR count). The second-order valence-electron chi connectivity index (χ2n) is 6.87. The summed E-state index contributed by atoms with van der Waals surface area (Å²) in [7, 11) is 2.73. The van der Waals surface area contributed by atoms with E-state index >= 15 is 0 Å². The Morgan fingerprint density at radius 1 is 0.538 bits per heavy atom. The van der Waals surface area contributed by atoms with Crippen molar-refractivity contribution in [3.63, 3.8) is 0 Å². The molecule has 0 radical (unpaired) electrons. The summed E-state index contributed by atoms with van der Waals surface area (Å²) in [4.78, 5) is 0. The topological polar surface area (TPSA) is 0 Å². The van der Waals surface area contributed by atoms with Crippen molar-refractivity contribution in [1.82, 2.24) is 0 Å². The van der Waals surface area contributed by atoms with E-state index in [2.05, 4.69) is 93.6 Å². The number of benzene rings is 3. The van der Waals surface area contributed by atoms with Crippen molar-refractivity contribution >= 4 is 31.5 Å². The summed E-state index contributed by atoms with van der Waals surface area (Å²) >= 11 is 0. The molecule has 1 heterocycles. The molecule has 0 amide bonds. The molecule has 0 aromatic heterocycles. The third-order valence-corrected chi connectivity index (χ3v) is 7.68. The van der Waals surface area contributed by atoms with Crippen molar-refractivity contribution < 1.29 is 0 Å². The van der Waals surface area contributed by atoms with Crippen molar-refractivity contribution in [2.45, 2.75) is 20.8 Å². The van der Waals surface area contributed by atoms with E-state index in [0.717, 1.165) is 0 Å². The molecule has 0 N–H and O–H groups in total. The van der Waals surface area contributed by atoms with Crippen molar-refractivity contribution in [2.75, 3.05) is 0 Å². The molecule has 2 heteroatoms. The maximum atomic E-state index is 2.27. The first-order chi connectivity index (χ1) is 12.6. The van der Waals surface area contributed by atoms with Crippen LogP contribution >= 0.6 is 15.4 Å². The summed E-state index contributed by atoms with van der Waals surface area (Å²) in [6.45, 7) is 6.44. The van der Waals surface area contributed by atoms with Crippen LogP contribution < -0.4 is 0 Å². The zero-order valence-electron chi connectivity index (χ0n) is 15.3. The van der Waals surface area contributed by atoms with Gasteiger partial charge in [-0.1, -0.05) is 0 Å². The molecule has 0 saturated carbocycles. The monoisotopic (exact) mass is 371 g/mol. The van der Waals surface area contributed by atoms with Crippen molar-refractivity contribution in [1.29, 1.82) is 0 Å². The Labute approximate surface area is 158 Å². The summed E-state index contributed by atoms with van der Waals surface area (Å²) in [6, 6.07) is 26.9. The van der Waals surface area contributed by atoms with Crippen LogP contribution in [0.5, 0.6) is 0 Å². The van der Waals surface area contributed by atoms with Crippen molar-refractivity contribution in [3.05, 3.63) is 106 Å². The number of rotatable bonds is 3. The third-order valence-electron chi connectivity index (χ3n) is 4.71. The number of aryl methyl sites for hydroxylation is 3. The molecule has 1 aliphatic rings. The molecule has 0 atom stereocenters. The van der Waals surface area contributed by atoms with E-state index in [1.165, 1.54) is 64.9 Å². The van der Waals surface area contributed by atoms with Crippen LogP contribution in [-0.4, -0.2) is 5.29 Å². The first-order valence-corrected chi connectivity index (χ1v) is 11.4. The van der Waals surface area contributed by atoms with Crippen molar-refractivity contribution in [3.8, 4) is 0 Å². The second kappa shape index (κ2) is 7.32. The van der Waals surface area contributed by atoms with Gasteiger partial charge in [0.15, 0.2) is 0 Å². The van der Waals surface area contributed by atoms with Crippen LogP contribution in [0.1, 0.15) is 33.4 Å². The zero-order chi connectivity index (χ0) is 18.1. The first kappa shape index (κ1) is 17.4. The Kier molecular flexibility index (Phi) is 4.90. The van der Waals surface area contributed by atoms with E-state index in [9.17, 15) is 0 Å². The molecular formula is C24H21P2+. The van der Waals surface area contributed by atoms with Crippen LogP contribution in [0.4, 0.5) is 0 Å². The number of hydrogen-bond acceptors (Lipinski definition) is 0. The minimum absolute atomic E-state index is 1.30. The average Bonchev–Trinajstić information content (AvgIpc) is 3.08. The average molecular weight is 371 g/mol. The summed E-state index contributed by atoms with van der Waals surface area (Å²) in [5.41, 5.74) is 9.31. The fraction of sp³-hybridized carbons (Fsp3) is 0.125. The van der Waals surface area contributed by atoms with E-state index in [0.29, 0.717) is 0 Å². The van der Waals surface area contributed by atoms with E-state index < -0.39 is 0 Å². The molecule has 3 aromatic rings. The molecule has 126 valence electrons. The summed E-state index contributed by atoms with van der Waals surface area (Å²) in [5.74, 6) is 0. The Morgan fingerprint density at radius 3 is 1.46 bits per heavy atom. The number of allylic oxidation sites excluding steroid dienone is 1. The molecule has 0 bridgehead atoms. The molecule has 0 fully saturated rings. The molecule has 0 nitrogen and oxygen atoms in total. The summed E-state index contributed by atoms with van der Waals surface area (Å²) < 4.78 is 0. The van der Waals surface area contributed by atoms with Gasteiger partial charge < -0.3 is 0 Å². The van der Waals surface area contributed by atoms with Crippen LogP contribution in [0.2, 0.25) is 0 Å². The Bertz CT molecular complexity index is 1040. The van der Waals surface area contributed by atoms with Crippen LogP contribution in [-0.2, 0) is 0 Å². The van der Waals surface area contributed by atoms with Crippen LogP contribution in [0.15, 0.2) is 72.8 Å². The minimum atomic E-state index is 1.30. The molecular weight excluding hydrogens is 350 g/mol. The molecule has 0 aliphatic carbocycles. The predicted molar refractivity (Wildman–Crippen MR) is 118 cm³/mol. The SMILES string of the molecule is Cc1ccc(C2=[P+]=PC(c3ccc(C)cc3)=C2c2ccc(C)cc2)cc1. The maximum absolute atomic E-state index is 2.27. The van der Waals surface area contributed by atoms with Gasteiger partial charge in [-0.2, -0.15) is 0 Å². The van der Waals surface area contributed by atoms with E-state index in [4.69, 9.17) is 0 Å². The third kappa shape index (κ3) is 3.45. The molecule has 0 spiro atoms. The fourth-order valence-corrected chi connectivity index (χ4v) is 6.52. The van der Waals surface area contributed by atoms with Gasteiger partial charge in [-0.25, -0.2) is 0 Å². The van der Waals surface area contributed by atoms with Crippen molar-refractivity contribution in [2.24, 2.45) is 0 Å². The van der Waals surface area contributed by atoms with Gasteiger partial charge in [0.2, 0.25) is 0 Å². The summed E-state index contributed by atoms with van der Waals surface area (Å²) in [6.07, 6.45) is 0. The molecule has 26 heavy (non-hydrogen) atoms. The van der Waals surface area contributed by atoms with Gasteiger partial charge >= 0.3 is 158 Å².